The molecular formula is C23H24N2O3. The minimum atomic E-state index is -0.0942. The number of amides is 1. The van der Waals surface area contributed by atoms with Crippen molar-refractivity contribution in [1.29, 1.82) is 0 Å². The molecule has 3 aromatic rings. The summed E-state index contributed by atoms with van der Waals surface area (Å²) in [7, 11) is 1.64. The predicted octanol–water partition coefficient (Wildman–Crippen LogP) is 4.13. The molecule has 1 amide bonds. The third-order valence-corrected chi connectivity index (χ3v) is 5.19. The van der Waals surface area contributed by atoms with Crippen molar-refractivity contribution in [3.05, 3.63) is 59.7 Å². The highest BCUT2D eigenvalue weighted by atomic mass is 16.5. The number of aryl methyl sites for hydroxylation is 1. The number of aromatic nitrogens is 1. The molecule has 144 valence electrons. The molecule has 1 fully saturated rings. The first-order valence-electron chi connectivity index (χ1n) is 9.60. The van der Waals surface area contributed by atoms with Crippen molar-refractivity contribution in [1.82, 2.24) is 10.3 Å². The molecule has 1 atom stereocenters. The van der Waals surface area contributed by atoms with Gasteiger partial charge < -0.3 is 14.8 Å². The fourth-order valence-electron chi connectivity index (χ4n) is 3.60. The Morgan fingerprint density at radius 3 is 2.79 bits per heavy atom. The molecule has 0 aliphatic carbocycles. The van der Waals surface area contributed by atoms with Crippen LogP contribution in [-0.4, -0.2) is 37.3 Å². The Hall–Kier alpha value is -2.92. The van der Waals surface area contributed by atoms with Gasteiger partial charge in [-0.15, -0.1) is 0 Å². The molecule has 0 unspecified atom stereocenters. The number of hydrogen-bond acceptors (Lipinski definition) is 4. The van der Waals surface area contributed by atoms with Gasteiger partial charge in [0.2, 0.25) is 0 Å². The van der Waals surface area contributed by atoms with E-state index in [9.17, 15) is 4.79 Å². The fraction of sp³-hybridized carbons (Fsp3) is 0.304. The number of hydrogen-bond donors (Lipinski definition) is 1. The number of methoxy groups -OCH3 is 1. The van der Waals surface area contributed by atoms with Crippen molar-refractivity contribution >= 4 is 16.8 Å². The first-order chi connectivity index (χ1) is 13.7. The summed E-state index contributed by atoms with van der Waals surface area (Å²) < 4.78 is 10.9. The summed E-state index contributed by atoms with van der Waals surface area (Å²) in [6, 6.07) is 15.5. The van der Waals surface area contributed by atoms with Crippen LogP contribution < -0.4 is 10.1 Å². The van der Waals surface area contributed by atoms with E-state index < -0.39 is 0 Å². The SMILES string of the molecule is COc1ccc(-c2cc(C(=O)NC[C@@H]3CCCO3)c3cccc(C)c3n2)cc1. The van der Waals surface area contributed by atoms with Gasteiger partial charge in [-0.2, -0.15) is 0 Å². The molecule has 1 aromatic heterocycles. The lowest BCUT2D eigenvalue weighted by molar-refractivity contribution is 0.0859. The summed E-state index contributed by atoms with van der Waals surface area (Å²) in [6.45, 7) is 3.33. The van der Waals surface area contributed by atoms with E-state index in [0.717, 1.165) is 52.9 Å². The molecular weight excluding hydrogens is 352 g/mol. The average Bonchev–Trinajstić information content (AvgIpc) is 3.25. The van der Waals surface area contributed by atoms with Crippen LogP contribution in [0.2, 0.25) is 0 Å². The van der Waals surface area contributed by atoms with E-state index >= 15 is 0 Å². The molecule has 0 bridgehead atoms. The molecule has 28 heavy (non-hydrogen) atoms. The molecule has 2 heterocycles. The number of nitrogens with one attached hydrogen (secondary N) is 1. The number of ether oxygens (including phenoxy) is 2. The Bertz CT molecular complexity index is 993. The van der Waals surface area contributed by atoms with Gasteiger partial charge in [-0.05, 0) is 55.7 Å². The van der Waals surface area contributed by atoms with Gasteiger partial charge in [0.25, 0.3) is 5.91 Å². The third kappa shape index (κ3) is 3.71. The van der Waals surface area contributed by atoms with Gasteiger partial charge in [0.15, 0.2) is 0 Å². The van der Waals surface area contributed by atoms with Crippen molar-refractivity contribution in [2.24, 2.45) is 0 Å². The van der Waals surface area contributed by atoms with Crippen LogP contribution in [0.25, 0.3) is 22.2 Å². The van der Waals surface area contributed by atoms with Crippen molar-refractivity contribution in [3.8, 4) is 17.0 Å². The second-order valence-corrected chi connectivity index (χ2v) is 7.10. The summed E-state index contributed by atoms with van der Waals surface area (Å²) in [5, 5.41) is 3.90. The molecule has 0 radical (unpaired) electrons. The average molecular weight is 376 g/mol. The predicted molar refractivity (Wildman–Crippen MR) is 110 cm³/mol. The Kier molecular flexibility index (Phi) is 5.26. The van der Waals surface area contributed by atoms with E-state index in [0.29, 0.717) is 12.1 Å². The second-order valence-electron chi connectivity index (χ2n) is 7.10. The Morgan fingerprint density at radius 2 is 2.07 bits per heavy atom. The van der Waals surface area contributed by atoms with E-state index in [1.165, 1.54) is 0 Å². The van der Waals surface area contributed by atoms with Gasteiger partial charge in [0, 0.05) is 24.1 Å². The Morgan fingerprint density at radius 1 is 1.25 bits per heavy atom. The maximum absolute atomic E-state index is 13.0. The molecule has 0 spiro atoms. The number of nitrogens with zero attached hydrogens (tertiary/aromatic N) is 1. The number of carbonyl (C=O) groups is 1. The lowest BCUT2D eigenvalue weighted by Crippen LogP contribution is -2.32. The Balaban J connectivity index is 1.72. The van der Waals surface area contributed by atoms with Crippen LogP contribution in [-0.2, 0) is 4.74 Å². The van der Waals surface area contributed by atoms with E-state index in [1.54, 1.807) is 7.11 Å². The summed E-state index contributed by atoms with van der Waals surface area (Å²) in [4.78, 5) is 17.8. The molecule has 1 aliphatic rings. The summed E-state index contributed by atoms with van der Waals surface area (Å²) in [6.07, 6.45) is 2.16. The molecule has 0 saturated carbocycles. The summed E-state index contributed by atoms with van der Waals surface area (Å²) in [5.41, 5.74) is 4.24. The van der Waals surface area contributed by atoms with Crippen LogP contribution in [0, 0.1) is 6.92 Å². The van der Waals surface area contributed by atoms with Crippen molar-refractivity contribution in [2.75, 3.05) is 20.3 Å². The zero-order valence-corrected chi connectivity index (χ0v) is 16.2. The highest BCUT2D eigenvalue weighted by Crippen LogP contribution is 2.28. The maximum Gasteiger partial charge on any atom is 0.252 e. The largest absolute Gasteiger partial charge is 0.497 e. The van der Waals surface area contributed by atoms with Crippen LogP contribution >= 0.6 is 0 Å². The number of pyridine rings is 1. The van der Waals surface area contributed by atoms with Crippen molar-refractivity contribution in [2.45, 2.75) is 25.9 Å². The molecule has 5 heteroatoms. The van der Waals surface area contributed by atoms with Gasteiger partial charge in [-0.3, -0.25) is 4.79 Å². The third-order valence-electron chi connectivity index (χ3n) is 5.19. The van der Waals surface area contributed by atoms with Crippen molar-refractivity contribution in [3.63, 3.8) is 0 Å². The molecule has 1 saturated heterocycles. The van der Waals surface area contributed by atoms with Crippen LogP contribution in [0.5, 0.6) is 5.75 Å². The standard InChI is InChI=1S/C23H24N2O3/c1-15-5-3-7-19-20(23(26)24-14-18-6-4-12-28-18)13-21(25-22(15)19)16-8-10-17(27-2)11-9-16/h3,5,7-11,13,18H,4,6,12,14H2,1-2H3,(H,24,26)/t18-/m0/s1. The van der Waals surface area contributed by atoms with Gasteiger partial charge in [0.1, 0.15) is 5.75 Å². The highest BCUT2D eigenvalue weighted by Gasteiger charge is 2.19. The fourth-order valence-corrected chi connectivity index (χ4v) is 3.60. The first-order valence-corrected chi connectivity index (χ1v) is 9.60. The number of para-hydroxylation sites is 1. The minimum Gasteiger partial charge on any atom is -0.497 e. The zero-order chi connectivity index (χ0) is 19.5. The number of rotatable bonds is 5. The zero-order valence-electron chi connectivity index (χ0n) is 16.2. The summed E-state index contributed by atoms with van der Waals surface area (Å²) in [5.74, 6) is 0.693. The molecule has 5 nitrogen and oxygen atoms in total. The lowest BCUT2D eigenvalue weighted by atomic mass is 10.0. The monoisotopic (exact) mass is 376 g/mol. The molecule has 4 rings (SSSR count). The highest BCUT2D eigenvalue weighted by molar-refractivity contribution is 6.07. The van der Waals surface area contributed by atoms with Gasteiger partial charge in [-0.1, -0.05) is 18.2 Å². The van der Waals surface area contributed by atoms with Crippen LogP contribution in [0.3, 0.4) is 0 Å². The van der Waals surface area contributed by atoms with E-state index in [1.807, 2.05) is 55.5 Å². The number of benzene rings is 2. The van der Waals surface area contributed by atoms with Gasteiger partial charge in [0.05, 0.1) is 30.0 Å². The maximum atomic E-state index is 13.0. The van der Waals surface area contributed by atoms with E-state index in [4.69, 9.17) is 14.5 Å². The quantitative estimate of drug-likeness (QED) is 0.727. The minimum absolute atomic E-state index is 0.0942. The lowest BCUT2D eigenvalue weighted by Gasteiger charge is -2.14. The first kappa shape index (κ1) is 18.4. The molecule has 2 aromatic carbocycles. The second kappa shape index (κ2) is 7.98. The molecule has 1 aliphatic heterocycles. The van der Waals surface area contributed by atoms with Crippen LogP contribution in [0.1, 0.15) is 28.8 Å². The van der Waals surface area contributed by atoms with E-state index in [-0.39, 0.29) is 12.0 Å². The van der Waals surface area contributed by atoms with Crippen molar-refractivity contribution < 1.29 is 14.3 Å². The normalized spacial score (nSPS) is 16.3. The van der Waals surface area contributed by atoms with E-state index in [2.05, 4.69) is 5.32 Å². The summed E-state index contributed by atoms with van der Waals surface area (Å²) >= 11 is 0. The van der Waals surface area contributed by atoms with Crippen LogP contribution in [0.15, 0.2) is 48.5 Å². The van der Waals surface area contributed by atoms with Gasteiger partial charge >= 0.3 is 0 Å². The number of fused-ring (bicyclic) bond motifs is 1. The van der Waals surface area contributed by atoms with Crippen LogP contribution in [0.4, 0.5) is 0 Å². The smallest absolute Gasteiger partial charge is 0.252 e. The molecule has 1 N–H and O–H groups in total. The Labute approximate surface area is 164 Å². The topological polar surface area (TPSA) is 60.5 Å². The number of carbonyl (C=O) groups excluding carboxylic acids is 1. The van der Waals surface area contributed by atoms with Gasteiger partial charge in [-0.25, -0.2) is 4.98 Å².